The van der Waals surface area contributed by atoms with Gasteiger partial charge in [-0.1, -0.05) is 0 Å². The van der Waals surface area contributed by atoms with Crippen LogP contribution in [-0.4, -0.2) is 45.6 Å². The topological polar surface area (TPSA) is 132 Å². The SMILES string of the molecule is O=C(NC1(C(=O)O)CCOCC1)c1csc(-c2ccc([N+](=O)[O-])cc2)n1. The van der Waals surface area contributed by atoms with E-state index >= 15 is 0 Å². The van der Waals surface area contributed by atoms with Gasteiger partial charge in [0.2, 0.25) is 0 Å². The summed E-state index contributed by atoms with van der Waals surface area (Å²) in [5.41, 5.74) is -0.646. The number of nitrogens with one attached hydrogen (secondary N) is 1. The molecule has 0 bridgehead atoms. The van der Waals surface area contributed by atoms with Gasteiger partial charge in [-0.2, -0.15) is 0 Å². The van der Waals surface area contributed by atoms with Crippen LogP contribution in [0, 0.1) is 10.1 Å². The van der Waals surface area contributed by atoms with Gasteiger partial charge in [-0.25, -0.2) is 9.78 Å². The Labute approximate surface area is 151 Å². The highest BCUT2D eigenvalue weighted by Crippen LogP contribution is 2.27. The summed E-state index contributed by atoms with van der Waals surface area (Å²) < 4.78 is 5.17. The Morgan fingerprint density at radius 3 is 2.50 bits per heavy atom. The number of carboxylic acid groups (broad SMARTS) is 1. The van der Waals surface area contributed by atoms with Crippen LogP contribution in [0.1, 0.15) is 23.3 Å². The Hall–Kier alpha value is -2.85. The van der Waals surface area contributed by atoms with E-state index in [0.29, 0.717) is 10.6 Å². The number of carboxylic acids is 1. The number of aliphatic carboxylic acids is 1. The molecule has 0 aliphatic carbocycles. The van der Waals surface area contributed by atoms with Crippen molar-refractivity contribution in [3.8, 4) is 10.6 Å². The molecular weight excluding hydrogens is 362 g/mol. The van der Waals surface area contributed by atoms with Crippen LogP contribution in [0.5, 0.6) is 0 Å². The highest BCUT2D eigenvalue weighted by atomic mass is 32.1. The van der Waals surface area contributed by atoms with Crippen molar-refractivity contribution < 1.29 is 24.4 Å². The number of nitro groups is 1. The van der Waals surface area contributed by atoms with Crippen LogP contribution in [-0.2, 0) is 9.53 Å². The largest absolute Gasteiger partial charge is 0.480 e. The molecule has 1 fully saturated rings. The minimum Gasteiger partial charge on any atom is -0.480 e. The average Bonchev–Trinajstić information content (AvgIpc) is 3.13. The highest BCUT2D eigenvalue weighted by Gasteiger charge is 2.42. The van der Waals surface area contributed by atoms with Gasteiger partial charge in [-0.05, 0) is 12.1 Å². The minimum absolute atomic E-state index is 0.0359. The molecule has 2 aromatic rings. The summed E-state index contributed by atoms with van der Waals surface area (Å²) in [6.45, 7) is 0.523. The Morgan fingerprint density at radius 2 is 1.92 bits per heavy atom. The summed E-state index contributed by atoms with van der Waals surface area (Å²) in [5, 5.41) is 24.8. The lowest BCUT2D eigenvalue weighted by molar-refractivity contribution is -0.384. The quantitative estimate of drug-likeness (QED) is 0.602. The fourth-order valence-corrected chi connectivity index (χ4v) is 3.44. The van der Waals surface area contributed by atoms with Gasteiger partial charge in [0.25, 0.3) is 11.6 Å². The minimum atomic E-state index is -1.35. The van der Waals surface area contributed by atoms with Gasteiger partial charge >= 0.3 is 5.97 Å². The molecular formula is C16H15N3O6S. The first kappa shape index (κ1) is 18.0. The molecule has 1 aliphatic rings. The van der Waals surface area contributed by atoms with Crippen LogP contribution in [0.15, 0.2) is 29.6 Å². The first-order valence-corrected chi connectivity index (χ1v) is 8.63. The number of hydrogen-bond donors (Lipinski definition) is 2. The number of benzene rings is 1. The zero-order valence-corrected chi connectivity index (χ0v) is 14.3. The second-order valence-electron chi connectivity index (χ2n) is 5.80. The summed E-state index contributed by atoms with van der Waals surface area (Å²) in [6, 6.07) is 5.82. The normalized spacial score (nSPS) is 16.0. The molecule has 0 atom stereocenters. The van der Waals surface area contributed by atoms with Gasteiger partial charge in [-0.15, -0.1) is 11.3 Å². The summed E-state index contributed by atoms with van der Waals surface area (Å²) in [6.07, 6.45) is 0.376. The first-order chi connectivity index (χ1) is 12.4. The Balaban J connectivity index is 1.77. The molecule has 0 spiro atoms. The third-order valence-corrected chi connectivity index (χ3v) is 5.06. The fourth-order valence-electron chi connectivity index (χ4n) is 2.63. The molecule has 2 heterocycles. The standard InChI is InChI=1S/C16H15N3O6S/c20-13(18-16(15(21)22)5-7-25-8-6-16)12-9-26-14(17-12)10-1-3-11(4-2-10)19(23)24/h1-4,9H,5-8H2,(H,18,20)(H,21,22). The number of nitro benzene ring substituents is 1. The fraction of sp³-hybridized carbons (Fsp3) is 0.312. The van der Waals surface area contributed by atoms with Crippen LogP contribution in [0.3, 0.4) is 0 Å². The van der Waals surface area contributed by atoms with Crippen molar-refractivity contribution in [3.05, 3.63) is 45.5 Å². The Morgan fingerprint density at radius 1 is 1.27 bits per heavy atom. The van der Waals surface area contributed by atoms with Crippen molar-refractivity contribution in [3.63, 3.8) is 0 Å². The smallest absolute Gasteiger partial charge is 0.329 e. The van der Waals surface area contributed by atoms with E-state index < -0.39 is 22.3 Å². The van der Waals surface area contributed by atoms with Crippen LogP contribution in [0.25, 0.3) is 10.6 Å². The van der Waals surface area contributed by atoms with Gasteiger partial charge in [0, 0.05) is 49.1 Å². The maximum absolute atomic E-state index is 12.5. The van der Waals surface area contributed by atoms with Gasteiger partial charge < -0.3 is 15.2 Å². The van der Waals surface area contributed by atoms with Crippen molar-refractivity contribution in [2.45, 2.75) is 18.4 Å². The van der Waals surface area contributed by atoms with Gasteiger partial charge in [0.05, 0.1) is 4.92 Å². The molecule has 0 radical (unpaired) electrons. The average molecular weight is 377 g/mol. The zero-order chi connectivity index (χ0) is 18.7. The number of rotatable bonds is 5. The summed E-state index contributed by atoms with van der Waals surface area (Å²) in [7, 11) is 0. The monoisotopic (exact) mass is 377 g/mol. The van der Waals surface area contributed by atoms with Crippen LogP contribution >= 0.6 is 11.3 Å². The van der Waals surface area contributed by atoms with Crippen molar-refractivity contribution in [1.29, 1.82) is 0 Å². The number of thiazole rings is 1. The van der Waals surface area contributed by atoms with Crippen molar-refractivity contribution in [2.24, 2.45) is 0 Å². The number of amides is 1. The lowest BCUT2D eigenvalue weighted by Crippen LogP contribution is -2.57. The molecule has 0 saturated carbocycles. The second-order valence-corrected chi connectivity index (χ2v) is 6.65. The maximum Gasteiger partial charge on any atom is 0.329 e. The maximum atomic E-state index is 12.5. The second kappa shape index (κ2) is 7.18. The molecule has 26 heavy (non-hydrogen) atoms. The lowest BCUT2D eigenvalue weighted by atomic mass is 9.90. The van der Waals surface area contributed by atoms with Gasteiger partial charge in [0.15, 0.2) is 0 Å². The summed E-state index contributed by atoms with van der Waals surface area (Å²) in [4.78, 5) is 38.5. The molecule has 136 valence electrons. The third kappa shape index (κ3) is 3.55. The molecule has 1 aromatic heterocycles. The van der Waals surface area contributed by atoms with Crippen LogP contribution in [0.4, 0.5) is 5.69 Å². The third-order valence-electron chi connectivity index (χ3n) is 4.17. The Bertz CT molecular complexity index is 842. The molecule has 10 heteroatoms. The molecule has 2 N–H and O–H groups in total. The van der Waals surface area contributed by atoms with Crippen LogP contribution < -0.4 is 5.32 Å². The van der Waals surface area contributed by atoms with E-state index in [1.54, 1.807) is 12.1 Å². The molecule has 1 aromatic carbocycles. The van der Waals surface area contributed by atoms with Crippen molar-refractivity contribution in [1.82, 2.24) is 10.3 Å². The molecule has 1 amide bonds. The van der Waals surface area contributed by atoms with Crippen molar-refractivity contribution >= 4 is 28.9 Å². The van der Waals surface area contributed by atoms with Gasteiger partial charge in [0.1, 0.15) is 16.2 Å². The van der Waals surface area contributed by atoms with E-state index in [-0.39, 0.29) is 37.4 Å². The highest BCUT2D eigenvalue weighted by molar-refractivity contribution is 7.13. The van der Waals surface area contributed by atoms with E-state index in [0.717, 1.165) is 0 Å². The van der Waals surface area contributed by atoms with Crippen LogP contribution in [0.2, 0.25) is 0 Å². The van der Waals surface area contributed by atoms with E-state index in [1.807, 2.05) is 0 Å². The molecule has 3 rings (SSSR count). The number of non-ortho nitro benzene ring substituents is 1. The molecule has 9 nitrogen and oxygen atoms in total. The van der Waals surface area contributed by atoms with Crippen molar-refractivity contribution in [2.75, 3.05) is 13.2 Å². The first-order valence-electron chi connectivity index (χ1n) is 7.75. The number of ether oxygens (including phenoxy) is 1. The number of aromatic nitrogens is 1. The van der Waals surface area contributed by atoms with Gasteiger partial charge in [-0.3, -0.25) is 14.9 Å². The molecule has 1 saturated heterocycles. The predicted molar refractivity (Wildman–Crippen MR) is 92.1 cm³/mol. The lowest BCUT2D eigenvalue weighted by Gasteiger charge is -2.33. The molecule has 0 unspecified atom stereocenters. The van der Waals surface area contributed by atoms with E-state index in [9.17, 15) is 24.8 Å². The number of nitrogens with zero attached hydrogens (tertiary/aromatic N) is 2. The zero-order valence-electron chi connectivity index (χ0n) is 13.5. The number of carbonyl (C=O) groups excluding carboxylic acids is 1. The number of hydrogen-bond acceptors (Lipinski definition) is 7. The summed E-state index contributed by atoms with van der Waals surface area (Å²) in [5.74, 6) is -1.67. The predicted octanol–water partition coefficient (Wildman–Crippen LogP) is 2.08. The molecule has 1 aliphatic heterocycles. The van der Waals surface area contributed by atoms with E-state index in [4.69, 9.17) is 4.74 Å². The Kier molecular flexibility index (Phi) is 4.96. The number of carbonyl (C=O) groups is 2. The summed E-state index contributed by atoms with van der Waals surface area (Å²) >= 11 is 1.20. The van der Waals surface area contributed by atoms with E-state index in [2.05, 4.69) is 10.3 Å². The van der Waals surface area contributed by atoms with E-state index in [1.165, 1.54) is 28.8 Å².